The van der Waals surface area contributed by atoms with Gasteiger partial charge in [0.1, 0.15) is 5.82 Å². The standard InChI is InChI=1S/C18H25N5/c1-14-10-17(21-18(20-14)16-7-4-8-19-11-16)23(3)13-15-6-5-9-22(2)12-15/h4,7-8,10-11,15H,5-6,9,12-13H2,1-3H3. The van der Waals surface area contributed by atoms with Crippen LogP contribution in [0.4, 0.5) is 5.82 Å². The lowest BCUT2D eigenvalue weighted by Gasteiger charge is -2.32. The Balaban J connectivity index is 1.78. The topological polar surface area (TPSA) is 45.2 Å². The summed E-state index contributed by atoms with van der Waals surface area (Å²) in [5.74, 6) is 2.45. The van der Waals surface area contributed by atoms with Gasteiger partial charge in [0, 0.05) is 49.9 Å². The lowest BCUT2D eigenvalue weighted by Crippen LogP contribution is -2.38. The number of nitrogens with zero attached hydrogens (tertiary/aromatic N) is 5. The number of rotatable bonds is 4. The van der Waals surface area contributed by atoms with Gasteiger partial charge in [0.15, 0.2) is 5.82 Å². The Kier molecular flexibility index (Phi) is 4.86. The van der Waals surface area contributed by atoms with Gasteiger partial charge >= 0.3 is 0 Å². The summed E-state index contributed by atoms with van der Waals surface area (Å²) < 4.78 is 0. The largest absolute Gasteiger partial charge is 0.359 e. The van der Waals surface area contributed by atoms with Crippen molar-refractivity contribution in [3.05, 3.63) is 36.3 Å². The van der Waals surface area contributed by atoms with Gasteiger partial charge in [-0.2, -0.15) is 0 Å². The zero-order chi connectivity index (χ0) is 16.2. The minimum Gasteiger partial charge on any atom is -0.359 e. The Labute approximate surface area is 138 Å². The lowest BCUT2D eigenvalue weighted by atomic mass is 9.98. The highest BCUT2D eigenvalue weighted by molar-refractivity contribution is 5.56. The summed E-state index contributed by atoms with van der Waals surface area (Å²) in [7, 11) is 4.34. The lowest BCUT2D eigenvalue weighted by molar-refractivity contribution is 0.213. The molecule has 0 saturated carbocycles. The fourth-order valence-electron chi connectivity index (χ4n) is 3.27. The minimum atomic E-state index is 0.705. The molecule has 1 fully saturated rings. The molecule has 0 N–H and O–H groups in total. The number of aryl methyl sites for hydroxylation is 1. The monoisotopic (exact) mass is 311 g/mol. The Hall–Kier alpha value is -2.01. The maximum Gasteiger partial charge on any atom is 0.163 e. The summed E-state index contributed by atoms with van der Waals surface area (Å²) in [6.45, 7) is 5.45. The summed E-state index contributed by atoms with van der Waals surface area (Å²) in [5.41, 5.74) is 1.95. The molecule has 5 nitrogen and oxygen atoms in total. The van der Waals surface area contributed by atoms with E-state index in [4.69, 9.17) is 4.98 Å². The highest BCUT2D eigenvalue weighted by Crippen LogP contribution is 2.21. The SMILES string of the molecule is Cc1cc(N(C)CC2CCCN(C)C2)nc(-c2cccnc2)n1. The van der Waals surface area contributed by atoms with Crippen LogP contribution in [0, 0.1) is 12.8 Å². The van der Waals surface area contributed by atoms with Crippen molar-refractivity contribution in [1.82, 2.24) is 19.9 Å². The van der Waals surface area contributed by atoms with Gasteiger partial charge in [-0.05, 0) is 51.4 Å². The number of likely N-dealkylation sites (tertiary alicyclic amines) is 1. The average Bonchev–Trinajstić information content (AvgIpc) is 2.55. The molecule has 1 aliphatic rings. The predicted molar refractivity (Wildman–Crippen MR) is 93.5 cm³/mol. The summed E-state index contributed by atoms with van der Waals surface area (Å²) >= 11 is 0. The van der Waals surface area contributed by atoms with Crippen molar-refractivity contribution >= 4 is 5.82 Å². The number of anilines is 1. The van der Waals surface area contributed by atoms with E-state index in [1.807, 2.05) is 25.3 Å². The molecular formula is C18H25N5. The number of hydrogen-bond acceptors (Lipinski definition) is 5. The van der Waals surface area contributed by atoms with E-state index in [0.717, 1.165) is 29.4 Å². The molecule has 1 atom stereocenters. The van der Waals surface area contributed by atoms with Gasteiger partial charge in [-0.3, -0.25) is 4.98 Å². The molecule has 1 unspecified atom stereocenters. The molecule has 5 heteroatoms. The Morgan fingerprint density at radius 3 is 2.96 bits per heavy atom. The molecular weight excluding hydrogens is 286 g/mol. The van der Waals surface area contributed by atoms with Gasteiger partial charge in [0.05, 0.1) is 0 Å². The molecule has 3 heterocycles. The van der Waals surface area contributed by atoms with E-state index in [1.165, 1.54) is 25.9 Å². The molecule has 2 aromatic heterocycles. The first-order chi connectivity index (χ1) is 11.1. The van der Waals surface area contributed by atoms with E-state index < -0.39 is 0 Å². The second kappa shape index (κ2) is 7.04. The van der Waals surface area contributed by atoms with E-state index in [0.29, 0.717) is 5.92 Å². The number of piperidine rings is 1. The van der Waals surface area contributed by atoms with Crippen molar-refractivity contribution in [1.29, 1.82) is 0 Å². The summed E-state index contributed by atoms with van der Waals surface area (Å²) in [5, 5.41) is 0. The van der Waals surface area contributed by atoms with Crippen LogP contribution < -0.4 is 4.90 Å². The Morgan fingerprint density at radius 1 is 1.35 bits per heavy atom. The normalized spacial score (nSPS) is 18.8. The van der Waals surface area contributed by atoms with Crippen molar-refractivity contribution < 1.29 is 0 Å². The molecule has 0 radical (unpaired) electrons. The molecule has 0 spiro atoms. The summed E-state index contributed by atoms with van der Waals surface area (Å²) in [6, 6.07) is 5.98. The highest BCUT2D eigenvalue weighted by atomic mass is 15.2. The first kappa shape index (κ1) is 15.9. The quantitative estimate of drug-likeness (QED) is 0.868. The number of pyridine rings is 1. The van der Waals surface area contributed by atoms with Crippen LogP contribution in [-0.2, 0) is 0 Å². The van der Waals surface area contributed by atoms with E-state index in [9.17, 15) is 0 Å². The average molecular weight is 311 g/mol. The van der Waals surface area contributed by atoms with Crippen molar-refractivity contribution in [3.63, 3.8) is 0 Å². The molecule has 122 valence electrons. The predicted octanol–water partition coefficient (Wildman–Crippen LogP) is 2.63. The van der Waals surface area contributed by atoms with Crippen molar-refractivity contribution in [3.8, 4) is 11.4 Å². The first-order valence-corrected chi connectivity index (χ1v) is 8.27. The van der Waals surface area contributed by atoms with Crippen molar-refractivity contribution in [2.75, 3.05) is 38.6 Å². The van der Waals surface area contributed by atoms with Crippen LogP contribution >= 0.6 is 0 Å². The second-order valence-electron chi connectivity index (χ2n) is 6.58. The van der Waals surface area contributed by atoms with Gasteiger partial charge in [-0.1, -0.05) is 0 Å². The van der Waals surface area contributed by atoms with Crippen LogP contribution in [0.2, 0.25) is 0 Å². The minimum absolute atomic E-state index is 0.705. The molecule has 23 heavy (non-hydrogen) atoms. The Morgan fingerprint density at radius 2 is 2.22 bits per heavy atom. The van der Waals surface area contributed by atoms with Gasteiger partial charge in [-0.15, -0.1) is 0 Å². The molecule has 0 bridgehead atoms. The third-order valence-corrected chi connectivity index (χ3v) is 4.41. The molecule has 1 aliphatic heterocycles. The fourth-order valence-corrected chi connectivity index (χ4v) is 3.27. The molecule has 0 amide bonds. The van der Waals surface area contributed by atoms with Crippen LogP contribution in [0.1, 0.15) is 18.5 Å². The molecule has 0 aliphatic carbocycles. The molecule has 2 aromatic rings. The maximum atomic E-state index is 4.75. The van der Waals surface area contributed by atoms with Crippen molar-refractivity contribution in [2.45, 2.75) is 19.8 Å². The van der Waals surface area contributed by atoms with E-state index >= 15 is 0 Å². The third kappa shape index (κ3) is 4.05. The smallest absolute Gasteiger partial charge is 0.163 e. The van der Waals surface area contributed by atoms with Gasteiger partial charge in [-0.25, -0.2) is 9.97 Å². The zero-order valence-corrected chi connectivity index (χ0v) is 14.2. The number of hydrogen-bond donors (Lipinski definition) is 0. The molecule has 0 aromatic carbocycles. The van der Waals surface area contributed by atoms with Gasteiger partial charge in [0.2, 0.25) is 0 Å². The maximum absolute atomic E-state index is 4.75. The van der Waals surface area contributed by atoms with E-state index in [1.54, 1.807) is 6.20 Å². The van der Waals surface area contributed by atoms with Crippen LogP contribution in [-0.4, -0.2) is 53.6 Å². The zero-order valence-electron chi connectivity index (χ0n) is 14.2. The van der Waals surface area contributed by atoms with Gasteiger partial charge in [0.25, 0.3) is 0 Å². The molecule has 1 saturated heterocycles. The van der Waals surface area contributed by atoms with Crippen LogP contribution in [0.25, 0.3) is 11.4 Å². The third-order valence-electron chi connectivity index (χ3n) is 4.41. The summed E-state index contributed by atoms with van der Waals surface area (Å²) in [4.78, 5) is 18.2. The second-order valence-corrected chi connectivity index (χ2v) is 6.58. The number of aromatic nitrogens is 3. The first-order valence-electron chi connectivity index (χ1n) is 8.27. The Bertz CT molecular complexity index is 643. The highest BCUT2D eigenvalue weighted by Gasteiger charge is 2.19. The van der Waals surface area contributed by atoms with E-state index in [2.05, 4.69) is 39.9 Å². The van der Waals surface area contributed by atoms with E-state index in [-0.39, 0.29) is 0 Å². The van der Waals surface area contributed by atoms with Crippen molar-refractivity contribution in [2.24, 2.45) is 5.92 Å². The van der Waals surface area contributed by atoms with Crippen LogP contribution in [0.5, 0.6) is 0 Å². The fraction of sp³-hybridized carbons (Fsp3) is 0.500. The van der Waals surface area contributed by atoms with Crippen LogP contribution in [0.15, 0.2) is 30.6 Å². The summed E-state index contributed by atoms with van der Waals surface area (Å²) in [6.07, 6.45) is 6.17. The van der Waals surface area contributed by atoms with Crippen LogP contribution in [0.3, 0.4) is 0 Å². The molecule has 3 rings (SSSR count). The van der Waals surface area contributed by atoms with Gasteiger partial charge < -0.3 is 9.80 Å².